The van der Waals surface area contributed by atoms with Gasteiger partial charge in [0.25, 0.3) is 0 Å². The molecular weight excluding hydrogens is 209 g/mol. The summed E-state index contributed by atoms with van der Waals surface area (Å²) in [5, 5.41) is 0. The summed E-state index contributed by atoms with van der Waals surface area (Å²) >= 11 is 0. The number of rotatable bonds is 3. The van der Waals surface area contributed by atoms with Crippen molar-refractivity contribution in [3.05, 3.63) is 35.4 Å². The Morgan fingerprint density at radius 1 is 1.50 bits per heavy atom. The minimum Gasteiger partial charge on any atom is -0.467 e. The molecule has 0 aliphatic carbocycles. The molecule has 0 spiro atoms. The highest BCUT2D eigenvalue weighted by Crippen LogP contribution is 2.28. The standard InChI is InChI=1S/C12H16FNO2/c1-8-6-4-5-7-10(8)12(14,9(2)13)11(15)16-3/h4-7,9H,14H2,1-3H3. The summed E-state index contributed by atoms with van der Waals surface area (Å²) in [5.41, 5.74) is 5.35. The van der Waals surface area contributed by atoms with E-state index in [1.54, 1.807) is 31.2 Å². The van der Waals surface area contributed by atoms with Crippen molar-refractivity contribution in [1.82, 2.24) is 0 Å². The van der Waals surface area contributed by atoms with Crippen molar-refractivity contribution in [2.24, 2.45) is 5.73 Å². The van der Waals surface area contributed by atoms with Crippen LogP contribution in [0.1, 0.15) is 18.1 Å². The van der Waals surface area contributed by atoms with Crippen LogP contribution in [0.2, 0.25) is 0 Å². The molecule has 0 aliphatic rings. The van der Waals surface area contributed by atoms with E-state index >= 15 is 0 Å². The van der Waals surface area contributed by atoms with Crippen LogP contribution in [0.5, 0.6) is 0 Å². The van der Waals surface area contributed by atoms with Gasteiger partial charge in [0.2, 0.25) is 0 Å². The predicted octanol–water partition coefficient (Wildman–Crippen LogP) is 1.68. The lowest BCUT2D eigenvalue weighted by molar-refractivity contribution is -0.150. The molecule has 88 valence electrons. The van der Waals surface area contributed by atoms with Crippen LogP contribution in [0.4, 0.5) is 4.39 Å². The number of methoxy groups -OCH3 is 1. The smallest absolute Gasteiger partial charge is 0.333 e. The third-order valence-corrected chi connectivity index (χ3v) is 2.74. The molecule has 3 nitrogen and oxygen atoms in total. The largest absolute Gasteiger partial charge is 0.467 e. The molecule has 2 atom stereocenters. The van der Waals surface area contributed by atoms with E-state index in [4.69, 9.17) is 5.73 Å². The van der Waals surface area contributed by atoms with Gasteiger partial charge in [-0.2, -0.15) is 0 Å². The van der Waals surface area contributed by atoms with Crippen molar-refractivity contribution in [3.8, 4) is 0 Å². The number of hydrogen-bond acceptors (Lipinski definition) is 3. The van der Waals surface area contributed by atoms with E-state index in [1.165, 1.54) is 14.0 Å². The highest BCUT2D eigenvalue weighted by molar-refractivity contribution is 5.83. The number of alkyl halides is 1. The minimum absolute atomic E-state index is 0.455. The van der Waals surface area contributed by atoms with Crippen LogP contribution in [-0.2, 0) is 15.1 Å². The zero-order valence-corrected chi connectivity index (χ0v) is 9.66. The number of nitrogens with two attached hydrogens (primary N) is 1. The van der Waals surface area contributed by atoms with E-state index in [2.05, 4.69) is 4.74 Å². The van der Waals surface area contributed by atoms with Crippen LogP contribution in [0.25, 0.3) is 0 Å². The Morgan fingerprint density at radius 2 is 2.06 bits per heavy atom. The van der Waals surface area contributed by atoms with Gasteiger partial charge in [0.15, 0.2) is 5.54 Å². The Morgan fingerprint density at radius 3 is 2.50 bits per heavy atom. The second-order valence-electron chi connectivity index (χ2n) is 3.79. The first-order valence-electron chi connectivity index (χ1n) is 5.02. The first kappa shape index (κ1) is 12.6. The summed E-state index contributed by atoms with van der Waals surface area (Å²) in [5.74, 6) is -0.767. The maximum Gasteiger partial charge on any atom is 0.333 e. The van der Waals surface area contributed by atoms with E-state index in [1.807, 2.05) is 0 Å². The zero-order chi connectivity index (χ0) is 12.3. The topological polar surface area (TPSA) is 52.3 Å². The van der Waals surface area contributed by atoms with Gasteiger partial charge in [0, 0.05) is 0 Å². The summed E-state index contributed by atoms with van der Waals surface area (Å²) in [7, 11) is 1.20. The molecule has 16 heavy (non-hydrogen) atoms. The molecule has 4 heteroatoms. The molecule has 1 aromatic carbocycles. The Balaban J connectivity index is 3.33. The average Bonchev–Trinajstić information content (AvgIpc) is 2.27. The van der Waals surface area contributed by atoms with Gasteiger partial charge in [0.05, 0.1) is 7.11 Å². The van der Waals surface area contributed by atoms with Gasteiger partial charge in [0.1, 0.15) is 6.17 Å². The molecule has 0 saturated heterocycles. The van der Waals surface area contributed by atoms with Crippen LogP contribution >= 0.6 is 0 Å². The molecule has 1 rings (SSSR count). The molecule has 2 N–H and O–H groups in total. The molecule has 1 aromatic rings. The van der Waals surface area contributed by atoms with Crippen LogP contribution in [0.15, 0.2) is 24.3 Å². The molecule has 0 aliphatic heterocycles. The number of aryl methyl sites for hydroxylation is 1. The number of halogens is 1. The highest BCUT2D eigenvalue weighted by atomic mass is 19.1. The van der Waals surface area contributed by atoms with Crippen LogP contribution in [0, 0.1) is 6.92 Å². The normalized spacial score (nSPS) is 16.3. The first-order valence-corrected chi connectivity index (χ1v) is 5.02. The van der Waals surface area contributed by atoms with Gasteiger partial charge in [-0.3, -0.25) is 0 Å². The minimum atomic E-state index is -1.74. The number of carbonyl (C=O) groups is 1. The van der Waals surface area contributed by atoms with E-state index in [9.17, 15) is 9.18 Å². The molecule has 2 unspecified atom stereocenters. The molecule has 0 fully saturated rings. The van der Waals surface area contributed by atoms with Crippen molar-refractivity contribution in [1.29, 1.82) is 0 Å². The van der Waals surface area contributed by atoms with Crippen molar-refractivity contribution >= 4 is 5.97 Å². The van der Waals surface area contributed by atoms with E-state index < -0.39 is 17.7 Å². The Kier molecular flexibility index (Phi) is 3.65. The molecular formula is C12H16FNO2. The van der Waals surface area contributed by atoms with Gasteiger partial charge in [-0.1, -0.05) is 24.3 Å². The molecule has 0 bridgehead atoms. The van der Waals surface area contributed by atoms with Crippen LogP contribution in [0.3, 0.4) is 0 Å². The van der Waals surface area contributed by atoms with Crippen LogP contribution < -0.4 is 5.73 Å². The fourth-order valence-corrected chi connectivity index (χ4v) is 1.69. The third kappa shape index (κ3) is 1.93. The quantitative estimate of drug-likeness (QED) is 0.796. The number of hydrogen-bond donors (Lipinski definition) is 1. The lowest BCUT2D eigenvalue weighted by Crippen LogP contribution is -2.52. The van der Waals surface area contributed by atoms with E-state index in [-0.39, 0.29) is 0 Å². The molecule has 0 saturated carbocycles. The Bertz CT molecular complexity index is 392. The number of carbonyl (C=O) groups excluding carboxylic acids is 1. The summed E-state index contributed by atoms with van der Waals surface area (Å²) in [6.45, 7) is 3.03. The SMILES string of the molecule is COC(=O)C(N)(c1ccccc1C)C(C)F. The summed E-state index contributed by atoms with van der Waals surface area (Å²) in [6.07, 6.45) is -1.53. The second kappa shape index (κ2) is 4.61. The second-order valence-corrected chi connectivity index (χ2v) is 3.79. The van der Waals surface area contributed by atoms with E-state index in [0.29, 0.717) is 5.56 Å². The van der Waals surface area contributed by atoms with Gasteiger partial charge < -0.3 is 10.5 Å². The highest BCUT2D eigenvalue weighted by Gasteiger charge is 2.44. The monoisotopic (exact) mass is 225 g/mol. The Labute approximate surface area is 94.4 Å². The number of esters is 1. The fraction of sp³-hybridized carbons (Fsp3) is 0.417. The van der Waals surface area contributed by atoms with Crippen molar-refractivity contribution in [3.63, 3.8) is 0 Å². The molecule has 0 aromatic heterocycles. The lowest BCUT2D eigenvalue weighted by Gasteiger charge is -2.29. The first-order chi connectivity index (χ1) is 7.44. The average molecular weight is 225 g/mol. The van der Waals surface area contributed by atoms with Gasteiger partial charge in [-0.15, -0.1) is 0 Å². The van der Waals surface area contributed by atoms with Crippen molar-refractivity contribution in [2.75, 3.05) is 7.11 Å². The summed E-state index contributed by atoms with van der Waals surface area (Å²) in [6, 6.07) is 6.94. The third-order valence-electron chi connectivity index (χ3n) is 2.74. The maximum atomic E-state index is 13.6. The van der Waals surface area contributed by atoms with Gasteiger partial charge in [-0.25, -0.2) is 9.18 Å². The Hall–Kier alpha value is -1.42. The van der Waals surface area contributed by atoms with Crippen LogP contribution in [-0.4, -0.2) is 19.3 Å². The van der Waals surface area contributed by atoms with Gasteiger partial charge in [-0.05, 0) is 25.0 Å². The molecule has 0 amide bonds. The maximum absolute atomic E-state index is 13.6. The zero-order valence-electron chi connectivity index (χ0n) is 9.66. The van der Waals surface area contributed by atoms with Crippen molar-refractivity contribution < 1.29 is 13.9 Å². The number of benzene rings is 1. The summed E-state index contributed by atoms with van der Waals surface area (Å²) < 4.78 is 18.2. The molecule has 0 radical (unpaired) electrons. The predicted molar refractivity (Wildman–Crippen MR) is 59.6 cm³/mol. The summed E-state index contributed by atoms with van der Waals surface area (Å²) in [4.78, 5) is 11.6. The lowest BCUT2D eigenvalue weighted by atomic mass is 9.84. The molecule has 0 heterocycles. The number of ether oxygens (including phenoxy) is 1. The van der Waals surface area contributed by atoms with Crippen molar-refractivity contribution in [2.45, 2.75) is 25.6 Å². The van der Waals surface area contributed by atoms with Gasteiger partial charge >= 0.3 is 5.97 Å². The van der Waals surface area contributed by atoms with E-state index in [0.717, 1.165) is 5.56 Å². The fourth-order valence-electron chi connectivity index (χ4n) is 1.69.